The normalized spacial score (nSPS) is 25.7. The Labute approximate surface area is 198 Å². The summed E-state index contributed by atoms with van der Waals surface area (Å²) >= 11 is 0. The molecule has 4 heteroatoms. The zero-order valence-corrected chi connectivity index (χ0v) is 22.6. The summed E-state index contributed by atoms with van der Waals surface area (Å²) in [5.41, 5.74) is 0.333. The van der Waals surface area contributed by atoms with Gasteiger partial charge in [-0.3, -0.25) is 0 Å². The van der Waals surface area contributed by atoms with Gasteiger partial charge in [-0.05, 0) is 124 Å². The van der Waals surface area contributed by atoms with Crippen LogP contribution in [0.15, 0.2) is 0 Å². The molecule has 0 aromatic carbocycles. The van der Waals surface area contributed by atoms with Gasteiger partial charge < -0.3 is 20.0 Å². The van der Waals surface area contributed by atoms with E-state index in [-0.39, 0.29) is 7.43 Å². The summed E-state index contributed by atoms with van der Waals surface area (Å²) in [6, 6.07) is 0. The van der Waals surface area contributed by atoms with Crippen LogP contribution in [0, 0.1) is 17.8 Å². The first-order valence-corrected chi connectivity index (χ1v) is 12.7. The minimum atomic E-state index is 0. The lowest BCUT2D eigenvalue weighted by atomic mass is 10.00. The minimum absolute atomic E-state index is 0. The fourth-order valence-corrected chi connectivity index (χ4v) is 3.89. The van der Waals surface area contributed by atoms with E-state index < -0.39 is 0 Å². The van der Waals surface area contributed by atoms with Crippen LogP contribution in [0.25, 0.3) is 0 Å². The van der Waals surface area contributed by atoms with Crippen LogP contribution >= 0.6 is 0 Å². The van der Waals surface area contributed by atoms with Crippen molar-refractivity contribution in [3.05, 3.63) is 0 Å². The van der Waals surface area contributed by atoms with E-state index in [1.807, 2.05) is 7.05 Å². The maximum atomic E-state index is 3.19. The lowest BCUT2D eigenvalue weighted by molar-refractivity contribution is 0.221. The van der Waals surface area contributed by atoms with Gasteiger partial charge in [0, 0.05) is 18.6 Å². The Morgan fingerprint density at radius 2 is 1.13 bits per heavy atom. The Balaban J connectivity index is 0. The molecule has 0 spiro atoms. The van der Waals surface area contributed by atoms with Crippen LogP contribution in [0.5, 0.6) is 0 Å². The van der Waals surface area contributed by atoms with Gasteiger partial charge in [0.25, 0.3) is 0 Å². The molecule has 3 saturated heterocycles. The fraction of sp³-hybridized carbons (Fsp3) is 1.00. The number of rotatable bonds is 2. The topological polar surface area (TPSA) is 21.8 Å². The van der Waals surface area contributed by atoms with Crippen LogP contribution in [0.3, 0.4) is 0 Å². The third-order valence-electron chi connectivity index (χ3n) is 7.05. The second-order valence-corrected chi connectivity index (χ2v) is 11.1. The molecule has 3 aliphatic heterocycles. The highest BCUT2D eigenvalue weighted by Gasteiger charge is 2.13. The summed E-state index contributed by atoms with van der Waals surface area (Å²) < 4.78 is 0. The number of hydrogen-bond donors (Lipinski definition) is 1. The van der Waals surface area contributed by atoms with Crippen molar-refractivity contribution in [3.8, 4) is 0 Å². The van der Waals surface area contributed by atoms with Crippen molar-refractivity contribution in [2.45, 2.75) is 93.0 Å². The molecule has 2 atom stereocenters. The van der Waals surface area contributed by atoms with Crippen molar-refractivity contribution in [1.82, 2.24) is 20.0 Å². The van der Waals surface area contributed by atoms with E-state index in [9.17, 15) is 0 Å². The van der Waals surface area contributed by atoms with Crippen LogP contribution in [0.1, 0.15) is 87.5 Å². The molecule has 0 aromatic heterocycles. The zero-order chi connectivity index (χ0) is 23.2. The van der Waals surface area contributed by atoms with Gasteiger partial charge in [-0.15, -0.1) is 0 Å². The number of nitrogens with one attached hydrogen (secondary N) is 1. The monoisotopic (exact) mass is 442 g/mol. The van der Waals surface area contributed by atoms with Gasteiger partial charge in [-0.1, -0.05) is 35.1 Å². The first-order chi connectivity index (χ1) is 14.0. The Bertz CT molecular complexity index is 359. The van der Waals surface area contributed by atoms with E-state index >= 15 is 0 Å². The highest BCUT2D eigenvalue weighted by atomic mass is 15.1. The van der Waals surface area contributed by atoms with Gasteiger partial charge in [-0.2, -0.15) is 0 Å². The highest BCUT2D eigenvalue weighted by molar-refractivity contribution is 4.71. The second kappa shape index (κ2) is 18.3. The summed E-state index contributed by atoms with van der Waals surface area (Å²) in [5, 5.41) is 3.19. The van der Waals surface area contributed by atoms with Crippen LogP contribution in [-0.2, 0) is 0 Å². The van der Waals surface area contributed by atoms with Crippen LogP contribution < -0.4 is 5.32 Å². The van der Waals surface area contributed by atoms with E-state index in [1.165, 1.54) is 77.8 Å². The van der Waals surface area contributed by atoms with Crippen LogP contribution in [0.2, 0.25) is 0 Å². The van der Waals surface area contributed by atoms with Gasteiger partial charge in [0.05, 0.1) is 0 Å². The summed E-state index contributed by atoms with van der Waals surface area (Å²) in [6.45, 7) is 21.4. The van der Waals surface area contributed by atoms with Crippen molar-refractivity contribution >= 4 is 0 Å². The maximum absolute atomic E-state index is 3.19. The molecule has 2 unspecified atom stereocenters. The van der Waals surface area contributed by atoms with Gasteiger partial charge >= 0.3 is 0 Å². The zero-order valence-electron chi connectivity index (χ0n) is 22.6. The number of hydrogen-bond acceptors (Lipinski definition) is 4. The first-order valence-electron chi connectivity index (χ1n) is 12.7. The summed E-state index contributed by atoms with van der Waals surface area (Å²) in [4.78, 5) is 7.19. The number of piperidine rings is 2. The largest absolute Gasteiger partial charge is 0.315 e. The molecule has 0 aromatic rings. The Hall–Kier alpha value is -0.160. The van der Waals surface area contributed by atoms with Crippen molar-refractivity contribution in [2.75, 3.05) is 67.5 Å². The summed E-state index contributed by atoms with van der Waals surface area (Å²) in [6.07, 6.45) is 8.22. The third kappa shape index (κ3) is 19.1. The average molecular weight is 443 g/mol. The molecule has 1 N–H and O–H groups in total. The van der Waals surface area contributed by atoms with Crippen LogP contribution in [-0.4, -0.2) is 87.7 Å². The lowest BCUT2D eigenvalue weighted by Crippen LogP contribution is -2.34. The highest BCUT2D eigenvalue weighted by Crippen LogP contribution is 2.14. The molecule has 3 fully saturated rings. The fourth-order valence-electron chi connectivity index (χ4n) is 3.89. The van der Waals surface area contributed by atoms with E-state index in [1.54, 1.807) is 0 Å². The second-order valence-electron chi connectivity index (χ2n) is 11.1. The van der Waals surface area contributed by atoms with Crippen molar-refractivity contribution in [1.29, 1.82) is 0 Å². The average Bonchev–Trinajstić information content (AvgIpc) is 3.08. The molecule has 3 rings (SSSR count). The molecular weight excluding hydrogens is 380 g/mol. The number of likely N-dealkylation sites (tertiary alicyclic amines) is 3. The van der Waals surface area contributed by atoms with Gasteiger partial charge in [-0.25, -0.2) is 0 Å². The standard InChI is InChI=1S/2C7H15N.C6H13N.C6H15N.CH4/c1-7-3-5-8(2)6-4-7;1-7-4-3-5-8(2)6-7;1-6-3-4-7(2)5-6;1-5-6(2,3)7-4;/h2*7H,3-6H2,1-2H3;6H,3-5H2,1-2H3;7H,5H2,1-4H3;1H4. The molecule has 3 heterocycles. The van der Waals surface area contributed by atoms with Crippen molar-refractivity contribution < 1.29 is 0 Å². The molecule has 4 nitrogen and oxygen atoms in total. The van der Waals surface area contributed by atoms with Gasteiger partial charge in [0.1, 0.15) is 0 Å². The molecule has 0 saturated carbocycles. The minimum Gasteiger partial charge on any atom is -0.315 e. The molecular formula is C27H62N4. The molecule has 0 amide bonds. The molecule has 0 aliphatic carbocycles. The van der Waals surface area contributed by atoms with E-state index in [4.69, 9.17) is 0 Å². The van der Waals surface area contributed by atoms with E-state index in [0.29, 0.717) is 5.54 Å². The maximum Gasteiger partial charge on any atom is 0.0119 e. The summed E-state index contributed by atoms with van der Waals surface area (Å²) in [5.74, 6) is 2.87. The predicted octanol–water partition coefficient (Wildman–Crippen LogP) is 5.68. The van der Waals surface area contributed by atoms with Crippen molar-refractivity contribution in [3.63, 3.8) is 0 Å². The quantitative estimate of drug-likeness (QED) is 0.593. The first kappa shape index (κ1) is 33.0. The smallest absolute Gasteiger partial charge is 0.0119 e. The van der Waals surface area contributed by atoms with E-state index in [2.05, 4.69) is 82.7 Å². The van der Waals surface area contributed by atoms with Gasteiger partial charge in [0.15, 0.2) is 0 Å². The number of nitrogens with zero attached hydrogens (tertiary/aromatic N) is 3. The molecule has 31 heavy (non-hydrogen) atoms. The molecule has 3 aliphatic rings. The van der Waals surface area contributed by atoms with Crippen LogP contribution in [0.4, 0.5) is 0 Å². The van der Waals surface area contributed by atoms with Gasteiger partial charge in [0.2, 0.25) is 0 Å². The lowest BCUT2D eigenvalue weighted by Gasteiger charge is -2.26. The molecule has 0 radical (unpaired) electrons. The van der Waals surface area contributed by atoms with Crippen molar-refractivity contribution in [2.24, 2.45) is 17.8 Å². The molecule has 190 valence electrons. The Morgan fingerprint density at radius 3 is 1.35 bits per heavy atom. The Morgan fingerprint density at radius 1 is 0.710 bits per heavy atom. The molecule has 0 bridgehead atoms. The summed E-state index contributed by atoms with van der Waals surface area (Å²) in [7, 11) is 8.58. The Kier molecular flexibility index (Phi) is 19.5. The SMILES string of the molecule is C.CC1CCCN(C)C1.CC1CCN(C)C1.CC1CCN(C)CC1.CCC(C)(C)NC. The predicted molar refractivity (Wildman–Crippen MR) is 143 cm³/mol. The third-order valence-corrected chi connectivity index (χ3v) is 7.05. The van der Waals surface area contributed by atoms with E-state index in [0.717, 1.165) is 17.8 Å².